The Balaban J connectivity index is 2.67. The molecule has 2 aromatic rings. The zero-order valence-corrected chi connectivity index (χ0v) is 10.2. The van der Waals surface area contributed by atoms with Crippen molar-refractivity contribution < 1.29 is 14.3 Å². The second-order valence-corrected chi connectivity index (χ2v) is 4.31. The molecule has 3 heteroatoms. The molecule has 92 valence electrons. The first-order valence-electron chi connectivity index (χ1n) is 5.59. The van der Waals surface area contributed by atoms with E-state index in [0.717, 1.165) is 22.8 Å². The Hall–Kier alpha value is -2.16. The van der Waals surface area contributed by atoms with Crippen molar-refractivity contribution in [3.8, 4) is 11.1 Å². The van der Waals surface area contributed by atoms with Crippen LogP contribution in [0.15, 0.2) is 36.4 Å². The average Bonchev–Trinajstić information content (AvgIpc) is 2.29. The normalized spacial score (nSPS) is 10.4. The van der Waals surface area contributed by atoms with Crippen LogP contribution in [-0.4, -0.2) is 11.1 Å². The first-order chi connectivity index (χ1) is 8.49. The summed E-state index contributed by atoms with van der Waals surface area (Å²) in [6, 6.07) is 9.60. The number of hydrogen-bond donors (Lipinski definition) is 1. The highest BCUT2D eigenvalue weighted by atomic mass is 19.1. The molecule has 2 nitrogen and oxygen atoms in total. The molecular weight excluding hydrogens is 231 g/mol. The topological polar surface area (TPSA) is 37.3 Å². The van der Waals surface area contributed by atoms with Gasteiger partial charge in [-0.1, -0.05) is 29.8 Å². The van der Waals surface area contributed by atoms with Gasteiger partial charge in [-0.2, -0.15) is 0 Å². The van der Waals surface area contributed by atoms with Crippen molar-refractivity contribution in [2.24, 2.45) is 0 Å². The Morgan fingerprint density at radius 1 is 1.06 bits per heavy atom. The van der Waals surface area contributed by atoms with Crippen LogP contribution in [-0.2, 0) is 0 Å². The molecule has 0 radical (unpaired) electrons. The highest BCUT2D eigenvalue weighted by Gasteiger charge is 2.14. The second kappa shape index (κ2) is 4.61. The average molecular weight is 244 g/mol. The summed E-state index contributed by atoms with van der Waals surface area (Å²) < 4.78 is 13.1. The fourth-order valence-corrected chi connectivity index (χ4v) is 2.04. The van der Waals surface area contributed by atoms with Crippen LogP contribution in [0.25, 0.3) is 11.1 Å². The van der Waals surface area contributed by atoms with Gasteiger partial charge in [-0.25, -0.2) is 9.18 Å². The maximum Gasteiger partial charge on any atom is 0.336 e. The third kappa shape index (κ3) is 2.25. The molecule has 0 aliphatic carbocycles. The number of halogens is 1. The molecule has 0 heterocycles. The number of aryl methyl sites for hydroxylation is 2. The summed E-state index contributed by atoms with van der Waals surface area (Å²) in [5.74, 6) is -1.66. The maximum absolute atomic E-state index is 13.1. The van der Waals surface area contributed by atoms with Gasteiger partial charge in [0.1, 0.15) is 5.82 Å². The molecular formula is C15H13FO2. The fraction of sp³-hybridized carbons (Fsp3) is 0.133. The van der Waals surface area contributed by atoms with E-state index in [9.17, 15) is 9.18 Å². The van der Waals surface area contributed by atoms with E-state index < -0.39 is 11.8 Å². The number of carboxylic acid groups (broad SMARTS) is 1. The lowest BCUT2D eigenvalue weighted by Gasteiger charge is -2.10. The zero-order valence-electron chi connectivity index (χ0n) is 10.2. The van der Waals surface area contributed by atoms with Gasteiger partial charge in [0, 0.05) is 0 Å². The SMILES string of the molecule is Cc1ccc(-c2ccc(F)cc2C(=O)O)c(C)c1. The summed E-state index contributed by atoms with van der Waals surface area (Å²) in [6.45, 7) is 3.89. The van der Waals surface area contributed by atoms with E-state index in [1.54, 1.807) is 0 Å². The third-order valence-corrected chi connectivity index (χ3v) is 2.88. The molecule has 0 aliphatic rings. The molecule has 2 rings (SSSR count). The Bertz CT molecular complexity index is 618. The van der Waals surface area contributed by atoms with Crippen molar-refractivity contribution in [3.63, 3.8) is 0 Å². The van der Waals surface area contributed by atoms with E-state index in [2.05, 4.69) is 0 Å². The van der Waals surface area contributed by atoms with Gasteiger partial charge >= 0.3 is 5.97 Å². The molecule has 0 saturated carbocycles. The zero-order chi connectivity index (χ0) is 13.3. The van der Waals surface area contributed by atoms with E-state index in [4.69, 9.17) is 5.11 Å². The number of carboxylic acids is 1. The van der Waals surface area contributed by atoms with E-state index in [-0.39, 0.29) is 5.56 Å². The molecule has 2 aromatic carbocycles. The molecule has 0 unspecified atom stereocenters. The predicted octanol–water partition coefficient (Wildman–Crippen LogP) is 3.81. The third-order valence-electron chi connectivity index (χ3n) is 2.88. The van der Waals surface area contributed by atoms with Crippen LogP contribution in [0.4, 0.5) is 4.39 Å². The standard InChI is InChI=1S/C15H13FO2/c1-9-3-5-12(10(2)7-9)13-6-4-11(16)8-14(13)15(17)18/h3-8H,1-2H3,(H,17,18). The lowest BCUT2D eigenvalue weighted by atomic mass is 9.95. The minimum atomic E-state index is -1.12. The highest BCUT2D eigenvalue weighted by molar-refractivity contribution is 5.96. The molecule has 0 aliphatic heterocycles. The van der Waals surface area contributed by atoms with Crippen LogP contribution in [0.1, 0.15) is 21.5 Å². The number of rotatable bonds is 2. The fourth-order valence-electron chi connectivity index (χ4n) is 2.04. The number of benzene rings is 2. The van der Waals surface area contributed by atoms with Crippen LogP contribution in [0, 0.1) is 19.7 Å². The van der Waals surface area contributed by atoms with Crippen molar-refractivity contribution >= 4 is 5.97 Å². The van der Waals surface area contributed by atoms with Crippen molar-refractivity contribution in [2.45, 2.75) is 13.8 Å². The van der Waals surface area contributed by atoms with E-state index in [1.165, 1.54) is 12.1 Å². The minimum Gasteiger partial charge on any atom is -0.478 e. The lowest BCUT2D eigenvalue weighted by molar-refractivity contribution is 0.0697. The van der Waals surface area contributed by atoms with Crippen LogP contribution < -0.4 is 0 Å². The first kappa shape index (κ1) is 12.3. The highest BCUT2D eigenvalue weighted by Crippen LogP contribution is 2.28. The molecule has 18 heavy (non-hydrogen) atoms. The maximum atomic E-state index is 13.1. The summed E-state index contributed by atoms with van der Waals surface area (Å²) in [4.78, 5) is 11.2. The summed E-state index contributed by atoms with van der Waals surface area (Å²) in [7, 11) is 0. The molecule has 0 spiro atoms. The molecule has 0 amide bonds. The van der Waals surface area contributed by atoms with Gasteiger partial charge < -0.3 is 5.11 Å². The van der Waals surface area contributed by atoms with Crippen molar-refractivity contribution in [1.29, 1.82) is 0 Å². The van der Waals surface area contributed by atoms with Gasteiger partial charge in [0.05, 0.1) is 5.56 Å². The van der Waals surface area contributed by atoms with Crippen LogP contribution in [0.2, 0.25) is 0 Å². The van der Waals surface area contributed by atoms with Crippen molar-refractivity contribution in [3.05, 3.63) is 58.9 Å². The summed E-state index contributed by atoms with van der Waals surface area (Å²) in [5, 5.41) is 9.13. The van der Waals surface area contributed by atoms with Gasteiger partial charge in [0.2, 0.25) is 0 Å². The van der Waals surface area contributed by atoms with E-state index in [1.807, 2.05) is 32.0 Å². The van der Waals surface area contributed by atoms with Crippen LogP contribution in [0.3, 0.4) is 0 Å². The van der Waals surface area contributed by atoms with Crippen molar-refractivity contribution in [1.82, 2.24) is 0 Å². The van der Waals surface area contributed by atoms with Crippen molar-refractivity contribution in [2.75, 3.05) is 0 Å². The quantitative estimate of drug-likeness (QED) is 0.872. The van der Waals surface area contributed by atoms with E-state index >= 15 is 0 Å². The summed E-state index contributed by atoms with van der Waals surface area (Å²) in [5.41, 5.74) is 3.43. The summed E-state index contributed by atoms with van der Waals surface area (Å²) in [6.07, 6.45) is 0. The monoisotopic (exact) mass is 244 g/mol. The van der Waals surface area contributed by atoms with Crippen LogP contribution in [0.5, 0.6) is 0 Å². The largest absolute Gasteiger partial charge is 0.478 e. The van der Waals surface area contributed by atoms with Crippen LogP contribution >= 0.6 is 0 Å². The Morgan fingerprint density at radius 2 is 1.72 bits per heavy atom. The van der Waals surface area contributed by atoms with Gasteiger partial charge in [0.25, 0.3) is 0 Å². The van der Waals surface area contributed by atoms with Gasteiger partial charge in [-0.3, -0.25) is 0 Å². The van der Waals surface area contributed by atoms with E-state index in [0.29, 0.717) is 5.56 Å². The van der Waals surface area contributed by atoms with Gasteiger partial charge in [-0.15, -0.1) is 0 Å². The number of aromatic carboxylic acids is 1. The number of hydrogen-bond acceptors (Lipinski definition) is 1. The molecule has 0 aromatic heterocycles. The smallest absolute Gasteiger partial charge is 0.336 e. The number of carbonyl (C=O) groups is 1. The minimum absolute atomic E-state index is 0.0121. The Kier molecular flexibility index (Phi) is 3.15. The summed E-state index contributed by atoms with van der Waals surface area (Å²) >= 11 is 0. The molecule has 0 fully saturated rings. The molecule has 0 bridgehead atoms. The second-order valence-electron chi connectivity index (χ2n) is 4.31. The first-order valence-corrected chi connectivity index (χ1v) is 5.59. The predicted molar refractivity (Wildman–Crippen MR) is 68.3 cm³/mol. The van der Waals surface area contributed by atoms with Gasteiger partial charge in [0.15, 0.2) is 0 Å². The Morgan fingerprint density at radius 3 is 2.33 bits per heavy atom. The molecule has 1 N–H and O–H groups in total. The lowest BCUT2D eigenvalue weighted by Crippen LogP contribution is -2.01. The molecule has 0 saturated heterocycles. The Labute approximate surface area is 105 Å². The molecule has 0 atom stereocenters. The van der Waals surface area contributed by atoms with Gasteiger partial charge in [-0.05, 0) is 42.7 Å².